The second-order valence-corrected chi connectivity index (χ2v) is 4.65. The van der Waals surface area contributed by atoms with E-state index in [1.165, 1.54) is 5.56 Å². The normalized spacial score (nSPS) is 19.2. The molecule has 0 saturated carbocycles. The molecule has 1 aliphatic rings. The minimum Gasteiger partial charge on any atom is -0.312 e. The maximum Gasteiger partial charge on any atom is 0.227 e. The van der Waals surface area contributed by atoms with Crippen LogP contribution in [0, 0.1) is 0 Å². The molecule has 18 heavy (non-hydrogen) atoms. The van der Waals surface area contributed by atoms with Crippen LogP contribution in [-0.2, 0) is 4.79 Å². The molecule has 0 aliphatic carbocycles. The Balaban J connectivity index is 1.83. The minimum absolute atomic E-state index is 0.218. The summed E-state index contributed by atoms with van der Waals surface area (Å²) in [4.78, 5) is 14.0. The molecular formula is C16H15NO. The van der Waals surface area contributed by atoms with Crippen LogP contribution < -0.4 is 4.90 Å². The Kier molecular flexibility index (Phi) is 2.85. The van der Waals surface area contributed by atoms with E-state index in [1.54, 1.807) is 0 Å². The van der Waals surface area contributed by atoms with Gasteiger partial charge in [-0.2, -0.15) is 0 Å². The highest BCUT2D eigenvalue weighted by Crippen LogP contribution is 2.31. The van der Waals surface area contributed by atoms with E-state index >= 15 is 0 Å². The SMILES string of the molecule is O=C1C[C@H](c2ccccc2)CN1c1ccccc1. The van der Waals surface area contributed by atoms with Gasteiger partial charge in [0.05, 0.1) is 0 Å². The Morgan fingerprint density at radius 3 is 2.17 bits per heavy atom. The number of nitrogens with zero attached hydrogens (tertiary/aromatic N) is 1. The number of para-hydroxylation sites is 1. The number of amides is 1. The van der Waals surface area contributed by atoms with Crippen molar-refractivity contribution >= 4 is 11.6 Å². The number of rotatable bonds is 2. The van der Waals surface area contributed by atoms with Crippen molar-refractivity contribution < 1.29 is 4.79 Å². The highest BCUT2D eigenvalue weighted by molar-refractivity contribution is 5.96. The van der Waals surface area contributed by atoms with Gasteiger partial charge in [0.2, 0.25) is 5.91 Å². The van der Waals surface area contributed by atoms with Crippen LogP contribution in [0.25, 0.3) is 0 Å². The minimum atomic E-state index is 0.218. The van der Waals surface area contributed by atoms with Crippen molar-refractivity contribution in [3.05, 3.63) is 66.2 Å². The summed E-state index contributed by atoms with van der Waals surface area (Å²) in [5, 5.41) is 0. The number of carbonyl (C=O) groups excluding carboxylic acids is 1. The van der Waals surface area contributed by atoms with E-state index < -0.39 is 0 Å². The summed E-state index contributed by atoms with van der Waals surface area (Å²) in [7, 11) is 0. The van der Waals surface area contributed by atoms with Crippen LogP contribution in [0.15, 0.2) is 60.7 Å². The molecular weight excluding hydrogens is 222 g/mol. The van der Waals surface area contributed by atoms with Crippen molar-refractivity contribution in [2.24, 2.45) is 0 Å². The fourth-order valence-corrected chi connectivity index (χ4v) is 2.51. The van der Waals surface area contributed by atoms with Gasteiger partial charge in [0.1, 0.15) is 0 Å². The van der Waals surface area contributed by atoms with Crippen LogP contribution in [0.3, 0.4) is 0 Å². The monoisotopic (exact) mass is 237 g/mol. The first-order valence-electron chi connectivity index (χ1n) is 6.25. The standard InChI is InChI=1S/C16H15NO/c18-16-11-14(13-7-3-1-4-8-13)12-17(16)15-9-5-2-6-10-15/h1-10,14H,11-12H2/t14-/m0/s1. The maximum absolute atomic E-state index is 12.1. The van der Waals surface area contributed by atoms with E-state index in [2.05, 4.69) is 12.1 Å². The predicted octanol–water partition coefficient (Wildman–Crippen LogP) is 3.21. The summed E-state index contributed by atoms with van der Waals surface area (Å²) >= 11 is 0. The Hall–Kier alpha value is -2.09. The molecule has 3 rings (SSSR count). The van der Waals surface area contributed by atoms with E-state index in [1.807, 2.05) is 53.4 Å². The number of carbonyl (C=O) groups is 1. The molecule has 1 heterocycles. The van der Waals surface area contributed by atoms with Crippen molar-refractivity contribution in [2.75, 3.05) is 11.4 Å². The molecule has 0 aromatic heterocycles. The summed E-state index contributed by atoms with van der Waals surface area (Å²) < 4.78 is 0. The van der Waals surface area contributed by atoms with E-state index in [-0.39, 0.29) is 5.91 Å². The molecule has 0 spiro atoms. The molecule has 0 bridgehead atoms. The molecule has 1 atom stereocenters. The summed E-state index contributed by atoms with van der Waals surface area (Å²) in [5.41, 5.74) is 2.25. The van der Waals surface area contributed by atoms with E-state index in [0.29, 0.717) is 12.3 Å². The molecule has 1 saturated heterocycles. The van der Waals surface area contributed by atoms with Gasteiger partial charge in [0.15, 0.2) is 0 Å². The third-order valence-electron chi connectivity index (χ3n) is 3.46. The third-order valence-corrected chi connectivity index (χ3v) is 3.46. The fourth-order valence-electron chi connectivity index (χ4n) is 2.51. The van der Waals surface area contributed by atoms with Crippen LogP contribution in [0.4, 0.5) is 5.69 Å². The first kappa shape index (κ1) is 11.0. The highest BCUT2D eigenvalue weighted by atomic mass is 16.2. The van der Waals surface area contributed by atoms with Gasteiger partial charge >= 0.3 is 0 Å². The van der Waals surface area contributed by atoms with Gasteiger partial charge < -0.3 is 4.90 Å². The molecule has 1 aliphatic heterocycles. The molecule has 2 aromatic rings. The summed E-state index contributed by atoms with van der Waals surface area (Å²) in [6.07, 6.45) is 0.610. The second kappa shape index (κ2) is 4.65. The Bertz CT molecular complexity index is 536. The zero-order chi connectivity index (χ0) is 12.4. The van der Waals surface area contributed by atoms with Gasteiger partial charge in [0, 0.05) is 24.6 Å². The summed E-state index contributed by atoms with van der Waals surface area (Å²) in [5.74, 6) is 0.536. The lowest BCUT2D eigenvalue weighted by atomic mass is 9.99. The molecule has 2 aromatic carbocycles. The number of hydrogen-bond donors (Lipinski definition) is 0. The van der Waals surface area contributed by atoms with Crippen molar-refractivity contribution in [3.63, 3.8) is 0 Å². The van der Waals surface area contributed by atoms with E-state index in [0.717, 1.165) is 12.2 Å². The van der Waals surface area contributed by atoms with E-state index in [9.17, 15) is 4.79 Å². The number of benzene rings is 2. The van der Waals surface area contributed by atoms with Crippen LogP contribution in [0.5, 0.6) is 0 Å². The van der Waals surface area contributed by atoms with Gasteiger partial charge in [-0.05, 0) is 17.7 Å². The van der Waals surface area contributed by atoms with Gasteiger partial charge in [-0.1, -0.05) is 48.5 Å². The Morgan fingerprint density at radius 1 is 0.889 bits per heavy atom. The van der Waals surface area contributed by atoms with Crippen molar-refractivity contribution in [3.8, 4) is 0 Å². The van der Waals surface area contributed by atoms with Crippen LogP contribution in [-0.4, -0.2) is 12.5 Å². The number of anilines is 1. The fraction of sp³-hybridized carbons (Fsp3) is 0.188. The zero-order valence-electron chi connectivity index (χ0n) is 10.1. The Morgan fingerprint density at radius 2 is 1.50 bits per heavy atom. The topological polar surface area (TPSA) is 20.3 Å². The maximum atomic E-state index is 12.1. The molecule has 90 valence electrons. The van der Waals surface area contributed by atoms with Crippen molar-refractivity contribution in [1.29, 1.82) is 0 Å². The number of hydrogen-bond acceptors (Lipinski definition) is 1. The van der Waals surface area contributed by atoms with Crippen LogP contribution in [0.1, 0.15) is 17.9 Å². The van der Waals surface area contributed by atoms with Gasteiger partial charge in [-0.3, -0.25) is 4.79 Å². The molecule has 0 unspecified atom stereocenters. The van der Waals surface area contributed by atoms with Gasteiger partial charge in [-0.15, -0.1) is 0 Å². The Labute approximate surface area is 107 Å². The molecule has 0 N–H and O–H groups in total. The van der Waals surface area contributed by atoms with Gasteiger partial charge in [0.25, 0.3) is 0 Å². The van der Waals surface area contributed by atoms with Gasteiger partial charge in [-0.25, -0.2) is 0 Å². The second-order valence-electron chi connectivity index (χ2n) is 4.65. The third kappa shape index (κ3) is 2.02. The lowest BCUT2D eigenvalue weighted by Gasteiger charge is -2.16. The first-order valence-corrected chi connectivity index (χ1v) is 6.25. The average Bonchev–Trinajstić information content (AvgIpc) is 2.83. The van der Waals surface area contributed by atoms with E-state index in [4.69, 9.17) is 0 Å². The van der Waals surface area contributed by atoms with Crippen molar-refractivity contribution in [1.82, 2.24) is 0 Å². The first-order chi connectivity index (χ1) is 8.84. The van der Waals surface area contributed by atoms with Crippen LogP contribution in [0.2, 0.25) is 0 Å². The smallest absolute Gasteiger partial charge is 0.227 e. The largest absolute Gasteiger partial charge is 0.312 e. The molecule has 2 nitrogen and oxygen atoms in total. The molecule has 0 radical (unpaired) electrons. The summed E-state index contributed by atoms with van der Waals surface area (Å²) in [6, 6.07) is 20.2. The zero-order valence-corrected chi connectivity index (χ0v) is 10.1. The van der Waals surface area contributed by atoms with Crippen molar-refractivity contribution in [2.45, 2.75) is 12.3 Å². The summed E-state index contributed by atoms with van der Waals surface area (Å²) in [6.45, 7) is 0.785. The highest BCUT2D eigenvalue weighted by Gasteiger charge is 2.31. The van der Waals surface area contributed by atoms with Crippen LogP contribution >= 0.6 is 0 Å². The quantitative estimate of drug-likeness (QED) is 0.785. The molecule has 1 amide bonds. The average molecular weight is 237 g/mol. The predicted molar refractivity (Wildman–Crippen MR) is 72.6 cm³/mol. The molecule has 1 fully saturated rings. The lowest BCUT2D eigenvalue weighted by molar-refractivity contribution is -0.117. The lowest BCUT2D eigenvalue weighted by Crippen LogP contribution is -2.24. The molecule has 2 heteroatoms.